The number of amides is 2. The number of anilines is 1. The summed E-state index contributed by atoms with van der Waals surface area (Å²) in [5.41, 5.74) is 1.50. The topological polar surface area (TPSA) is 80.6 Å². The molecule has 0 fully saturated rings. The summed E-state index contributed by atoms with van der Waals surface area (Å²) in [6.07, 6.45) is 1.56. The van der Waals surface area contributed by atoms with Gasteiger partial charge in [-0.25, -0.2) is 0 Å². The highest BCUT2D eigenvalue weighted by Crippen LogP contribution is 2.16. The molecule has 3 aromatic rings. The fourth-order valence-electron chi connectivity index (χ4n) is 2.59. The lowest BCUT2D eigenvalue weighted by Crippen LogP contribution is -2.22. The Morgan fingerprint density at radius 2 is 1.76 bits per heavy atom. The zero-order valence-electron chi connectivity index (χ0n) is 16.5. The molecule has 0 spiro atoms. The fraction of sp³-hybridized carbons (Fsp3) is 0.217. The van der Waals surface area contributed by atoms with Crippen LogP contribution in [0.15, 0.2) is 71.3 Å². The minimum Gasteiger partial charge on any atom is -0.493 e. The number of ether oxygens (including phenoxy) is 1. The Bertz CT molecular complexity index is 947. The molecule has 2 amide bonds. The minimum absolute atomic E-state index is 0.246. The van der Waals surface area contributed by atoms with Crippen molar-refractivity contribution >= 4 is 17.5 Å². The van der Waals surface area contributed by atoms with Crippen LogP contribution in [0.1, 0.15) is 40.3 Å². The molecule has 0 aliphatic rings. The van der Waals surface area contributed by atoms with E-state index in [4.69, 9.17) is 9.15 Å². The van der Waals surface area contributed by atoms with Crippen LogP contribution < -0.4 is 15.4 Å². The third kappa shape index (κ3) is 5.97. The van der Waals surface area contributed by atoms with Gasteiger partial charge in [-0.15, -0.1) is 0 Å². The van der Waals surface area contributed by atoms with Crippen molar-refractivity contribution in [3.63, 3.8) is 0 Å². The molecular formula is C23H24N2O4. The van der Waals surface area contributed by atoms with Crippen LogP contribution in [0.2, 0.25) is 0 Å². The smallest absolute Gasteiger partial charge is 0.255 e. The van der Waals surface area contributed by atoms with Crippen molar-refractivity contribution in [3.05, 3.63) is 83.8 Å². The Labute approximate surface area is 169 Å². The summed E-state index contributed by atoms with van der Waals surface area (Å²) in [6.45, 7) is 5.08. The van der Waals surface area contributed by atoms with E-state index in [1.807, 2.05) is 0 Å². The number of hydrogen-bond donors (Lipinski definition) is 2. The standard InChI is InChI=1S/C23H24N2O4/c1-16(2)15-29-20-10-8-17(9-11-20)23(27)25-19-6-3-5-18(13-19)22(26)24-14-21-7-4-12-28-21/h3-13,16H,14-15H2,1-2H3,(H,24,26)(H,25,27). The summed E-state index contributed by atoms with van der Waals surface area (Å²) in [4.78, 5) is 24.8. The Morgan fingerprint density at radius 3 is 2.45 bits per heavy atom. The molecule has 0 unspecified atom stereocenters. The number of carbonyl (C=O) groups excluding carboxylic acids is 2. The predicted octanol–water partition coefficient (Wildman–Crippen LogP) is 4.50. The monoisotopic (exact) mass is 392 g/mol. The maximum atomic E-state index is 12.5. The molecule has 0 bridgehead atoms. The van der Waals surface area contributed by atoms with Gasteiger partial charge in [0, 0.05) is 16.8 Å². The van der Waals surface area contributed by atoms with Crippen LogP contribution in [0.3, 0.4) is 0 Å². The Hall–Kier alpha value is -3.54. The molecular weight excluding hydrogens is 368 g/mol. The molecule has 0 saturated heterocycles. The Kier molecular flexibility index (Phi) is 6.68. The van der Waals surface area contributed by atoms with E-state index in [9.17, 15) is 9.59 Å². The average molecular weight is 392 g/mol. The van der Waals surface area contributed by atoms with Crippen LogP contribution in [-0.4, -0.2) is 18.4 Å². The molecule has 1 aromatic heterocycles. The molecule has 6 heteroatoms. The van der Waals surface area contributed by atoms with E-state index in [2.05, 4.69) is 24.5 Å². The lowest BCUT2D eigenvalue weighted by Gasteiger charge is -2.10. The highest BCUT2D eigenvalue weighted by atomic mass is 16.5. The van der Waals surface area contributed by atoms with Crippen molar-refractivity contribution in [1.82, 2.24) is 5.32 Å². The zero-order valence-corrected chi connectivity index (χ0v) is 16.5. The molecule has 3 rings (SSSR count). The summed E-state index contributed by atoms with van der Waals surface area (Å²) < 4.78 is 10.8. The minimum atomic E-state index is -0.256. The third-order valence-corrected chi connectivity index (χ3v) is 4.09. The second-order valence-electron chi connectivity index (χ2n) is 7.03. The van der Waals surface area contributed by atoms with Gasteiger partial charge in [0.05, 0.1) is 19.4 Å². The van der Waals surface area contributed by atoms with Gasteiger partial charge in [0.25, 0.3) is 11.8 Å². The van der Waals surface area contributed by atoms with E-state index in [1.165, 1.54) is 0 Å². The first-order valence-electron chi connectivity index (χ1n) is 9.46. The van der Waals surface area contributed by atoms with Crippen LogP contribution in [0.5, 0.6) is 5.75 Å². The van der Waals surface area contributed by atoms with Gasteiger partial charge in [0.1, 0.15) is 11.5 Å². The second-order valence-corrected chi connectivity index (χ2v) is 7.03. The van der Waals surface area contributed by atoms with E-state index in [1.54, 1.807) is 66.9 Å². The largest absolute Gasteiger partial charge is 0.493 e. The van der Waals surface area contributed by atoms with Crippen LogP contribution in [0.25, 0.3) is 0 Å². The molecule has 0 aliphatic carbocycles. The van der Waals surface area contributed by atoms with E-state index < -0.39 is 0 Å². The lowest BCUT2D eigenvalue weighted by atomic mass is 10.1. The van der Waals surface area contributed by atoms with E-state index in [0.717, 1.165) is 5.75 Å². The van der Waals surface area contributed by atoms with Crippen LogP contribution in [0.4, 0.5) is 5.69 Å². The molecule has 1 heterocycles. The van der Waals surface area contributed by atoms with Crippen molar-refractivity contribution in [2.24, 2.45) is 5.92 Å². The van der Waals surface area contributed by atoms with Crippen LogP contribution >= 0.6 is 0 Å². The Balaban J connectivity index is 1.59. The summed E-state index contributed by atoms with van der Waals surface area (Å²) >= 11 is 0. The van der Waals surface area contributed by atoms with Crippen LogP contribution in [-0.2, 0) is 6.54 Å². The van der Waals surface area contributed by atoms with Crippen molar-refractivity contribution < 1.29 is 18.7 Å². The maximum absolute atomic E-state index is 12.5. The lowest BCUT2D eigenvalue weighted by molar-refractivity contribution is 0.0946. The second kappa shape index (κ2) is 9.59. The summed E-state index contributed by atoms with van der Waals surface area (Å²) in [6, 6.07) is 17.3. The highest BCUT2D eigenvalue weighted by Gasteiger charge is 2.10. The molecule has 29 heavy (non-hydrogen) atoms. The number of rotatable bonds is 8. The predicted molar refractivity (Wildman–Crippen MR) is 111 cm³/mol. The quantitative estimate of drug-likeness (QED) is 0.592. The van der Waals surface area contributed by atoms with Crippen molar-refractivity contribution in [1.29, 1.82) is 0 Å². The summed E-state index contributed by atoms with van der Waals surface area (Å²) in [7, 11) is 0. The van der Waals surface area contributed by atoms with Gasteiger partial charge >= 0.3 is 0 Å². The number of furan rings is 1. The molecule has 2 aromatic carbocycles. The van der Waals surface area contributed by atoms with Gasteiger partial charge in [-0.1, -0.05) is 19.9 Å². The molecule has 0 radical (unpaired) electrons. The van der Waals surface area contributed by atoms with E-state index in [0.29, 0.717) is 41.6 Å². The summed E-state index contributed by atoms with van der Waals surface area (Å²) in [5, 5.41) is 5.59. The molecule has 2 N–H and O–H groups in total. The van der Waals surface area contributed by atoms with Crippen molar-refractivity contribution in [2.75, 3.05) is 11.9 Å². The van der Waals surface area contributed by atoms with Crippen molar-refractivity contribution in [2.45, 2.75) is 20.4 Å². The van der Waals surface area contributed by atoms with E-state index in [-0.39, 0.29) is 11.8 Å². The molecule has 0 saturated carbocycles. The van der Waals surface area contributed by atoms with Gasteiger partial charge in [0.2, 0.25) is 0 Å². The first-order chi connectivity index (χ1) is 14.0. The number of hydrogen-bond acceptors (Lipinski definition) is 4. The van der Waals surface area contributed by atoms with Crippen LogP contribution in [0, 0.1) is 5.92 Å². The number of nitrogens with one attached hydrogen (secondary N) is 2. The molecule has 150 valence electrons. The number of carbonyl (C=O) groups is 2. The molecule has 0 aliphatic heterocycles. The molecule has 6 nitrogen and oxygen atoms in total. The summed E-state index contributed by atoms with van der Waals surface area (Å²) in [5.74, 6) is 1.33. The SMILES string of the molecule is CC(C)COc1ccc(C(=O)Nc2cccc(C(=O)NCc3ccco3)c2)cc1. The Morgan fingerprint density at radius 1 is 0.966 bits per heavy atom. The van der Waals surface area contributed by atoms with E-state index >= 15 is 0 Å². The normalized spacial score (nSPS) is 10.6. The fourth-order valence-corrected chi connectivity index (χ4v) is 2.59. The highest BCUT2D eigenvalue weighted by molar-refractivity contribution is 6.05. The van der Waals surface area contributed by atoms with Gasteiger partial charge in [0.15, 0.2) is 0 Å². The van der Waals surface area contributed by atoms with Gasteiger partial charge in [-0.2, -0.15) is 0 Å². The first-order valence-corrected chi connectivity index (χ1v) is 9.46. The number of benzene rings is 2. The third-order valence-electron chi connectivity index (χ3n) is 4.09. The first kappa shape index (κ1) is 20.2. The van der Waals surface area contributed by atoms with Gasteiger partial charge in [-0.3, -0.25) is 9.59 Å². The van der Waals surface area contributed by atoms with Gasteiger partial charge in [-0.05, 0) is 60.5 Å². The maximum Gasteiger partial charge on any atom is 0.255 e. The zero-order chi connectivity index (χ0) is 20.6. The van der Waals surface area contributed by atoms with Gasteiger partial charge < -0.3 is 19.8 Å². The average Bonchev–Trinajstić information content (AvgIpc) is 3.24. The van der Waals surface area contributed by atoms with Crippen molar-refractivity contribution in [3.8, 4) is 5.75 Å². The molecule has 0 atom stereocenters.